The van der Waals surface area contributed by atoms with Crippen LogP contribution in [-0.2, 0) is 11.0 Å². The highest BCUT2D eigenvalue weighted by Crippen LogP contribution is 2.52. The second-order valence-electron chi connectivity index (χ2n) is 6.62. The molecule has 0 saturated heterocycles. The zero-order valence-electron chi connectivity index (χ0n) is 15.7. The topological polar surface area (TPSA) is 26.3 Å². The predicted molar refractivity (Wildman–Crippen MR) is 93.9 cm³/mol. The highest BCUT2D eigenvalue weighted by molar-refractivity contribution is 7.59. The Hall–Kier alpha value is -1.24. The first-order chi connectivity index (χ1) is 12.8. The Morgan fingerprint density at radius 1 is 0.893 bits per heavy atom. The minimum atomic E-state index is -6.40. The lowest BCUT2D eigenvalue weighted by atomic mass is 10.0. The van der Waals surface area contributed by atoms with E-state index in [1.54, 1.807) is 0 Å². The van der Waals surface area contributed by atoms with Gasteiger partial charge in [-0.25, -0.2) is 0 Å². The maximum Gasteiger partial charge on any atom is 0.459 e. The summed E-state index contributed by atoms with van der Waals surface area (Å²) < 4.78 is 110. The van der Waals surface area contributed by atoms with Crippen molar-refractivity contribution >= 4 is 7.37 Å². The first kappa shape index (κ1) is 24.8. The number of para-hydroxylation sites is 1. The molecule has 0 N–H and O–H groups in total. The van der Waals surface area contributed by atoms with Gasteiger partial charge in [0.05, 0.1) is 0 Å². The van der Waals surface area contributed by atoms with Crippen molar-refractivity contribution in [3.8, 4) is 5.75 Å². The summed E-state index contributed by atoms with van der Waals surface area (Å²) >= 11 is 0. The Kier molecular flexibility index (Phi) is 8.42. The molecule has 0 aliphatic rings. The molecule has 2 nitrogen and oxygen atoms in total. The lowest BCUT2D eigenvalue weighted by Gasteiger charge is -2.29. The van der Waals surface area contributed by atoms with Gasteiger partial charge in [-0.15, -0.1) is 0 Å². The summed E-state index contributed by atoms with van der Waals surface area (Å²) in [5.41, 5.74) is -0.551. The fourth-order valence-corrected chi connectivity index (χ4v) is 5.02. The van der Waals surface area contributed by atoms with E-state index in [2.05, 4.69) is 0 Å². The maximum absolute atomic E-state index is 13.8. The number of halogens is 7. The Labute approximate surface area is 159 Å². The first-order valence-corrected chi connectivity index (χ1v) is 11.0. The summed E-state index contributed by atoms with van der Waals surface area (Å²) in [6.07, 6.45) is -5.44. The second-order valence-corrected chi connectivity index (χ2v) is 9.33. The minimum absolute atomic E-state index is 0.174. The molecule has 162 valence electrons. The zero-order chi connectivity index (χ0) is 21.6. The van der Waals surface area contributed by atoms with E-state index in [-0.39, 0.29) is 18.1 Å². The van der Waals surface area contributed by atoms with Crippen LogP contribution in [0.25, 0.3) is 0 Å². The van der Waals surface area contributed by atoms with Crippen LogP contribution in [0.5, 0.6) is 5.75 Å². The van der Waals surface area contributed by atoms with Gasteiger partial charge in [-0.05, 0) is 18.9 Å². The molecular formula is C18H24F7O2P. The van der Waals surface area contributed by atoms with Crippen molar-refractivity contribution < 1.29 is 39.8 Å². The van der Waals surface area contributed by atoms with Crippen molar-refractivity contribution in [2.75, 3.05) is 12.3 Å². The van der Waals surface area contributed by atoms with Gasteiger partial charge < -0.3 is 4.52 Å². The van der Waals surface area contributed by atoms with Gasteiger partial charge in [0.15, 0.2) is 0 Å². The average molecular weight is 436 g/mol. The van der Waals surface area contributed by atoms with Crippen molar-refractivity contribution in [3.63, 3.8) is 0 Å². The average Bonchev–Trinajstić information content (AvgIpc) is 2.59. The van der Waals surface area contributed by atoms with E-state index in [4.69, 9.17) is 4.52 Å². The van der Waals surface area contributed by atoms with Crippen LogP contribution in [0.2, 0.25) is 0 Å². The molecule has 0 aliphatic carbocycles. The Morgan fingerprint density at radius 2 is 1.39 bits per heavy atom. The lowest BCUT2D eigenvalue weighted by Crippen LogP contribution is -2.53. The van der Waals surface area contributed by atoms with Crippen molar-refractivity contribution in [2.45, 2.75) is 64.0 Å². The third kappa shape index (κ3) is 6.13. The zero-order valence-corrected chi connectivity index (χ0v) is 16.6. The third-order valence-corrected chi connectivity index (χ3v) is 6.69. The summed E-state index contributed by atoms with van der Waals surface area (Å²) in [5.74, 6) is -11.9. The fraction of sp³-hybridized carbons (Fsp3) is 0.667. The Morgan fingerprint density at radius 3 is 1.86 bits per heavy atom. The number of unbranched alkanes of at least 4 members (excludes halogenated alkanes) is 2. The molecule has 1 rings (SSSR count). The summed E-state index contributed by atoms with van der Waals surface area (Å²) in [6, 6.07) is 4.69. The molecule has 0 aromatic heterocycles. The van der Waals surface area contributed by atoms with E-state index in [1.165, 1.54) is 12.1 Å². The summed E-state index contributed by atoms with van der Waals surface area (Å²) in [5, 5.41) is 0. The molecule has 0 aliphatic heterocycles. The normalized spacial score (nSPS) is 13.6. The molecule has 1 aromatic carbocycles. The smallest absolute Gasteiger partial charge is 0.442 e. The van der Waals surface area contributed by atoms with E-state index < -0.39 is 37.4 Å². The fourth-order valence-electron chi connectivity index (χ4n) is 2.48. The van der Waals surface area contributed by atoms with Gasteiger partial charge in [0.1, 0.15) is 5.75 Å². The van der Waals surface area contributed by atoms with E-state index in [0.717, 1.165) is 12.1 Å². The van der Waals surface area contributed by atoms with Crippen LogP contribution in [-0.4, -0.2) is 30.3 Å². The third-order valence-electron chi connectivity index (χ3n) is 4.17. The second kappa shape index (κ2) is 9.51. The largest absolute Gasteiger partial charge is 0.459 e. The summed E-state index contributed by atoms with van der Waals surface area (Å²) in [7, 11) is -3.29. The molecule has 0 amide bonds. The summed E-state index contributed by atoms with van der Waals surface area (Å²) in [6.45, 7) is 3.72. The van der Waals surface area contributed by atoms with Crippen molar-refractivity contribution in [1.29, 1.82) is 0 Å². The molecule has 0 saturated carbocycles. The maximum atomic E-state index is 13.8. The molecule has 0 fully saturated rings. The number of hydrogen-bond acceptors (Lipinski definition) is 2. The molecule has 0 unspecified atom stereocenters. The lowest BCUT2D eigenvalue weighted by molar-refractivity contribution is -0.354. The van der Waals surface area contributed by atoms with Crippen LogP contribution < -0.4 is 4.52 Å². The van der Waals surface area contributed by atoms with Gasteiger partial charge in [0, 0.05) is 24.3 Å². The van der Waals surface area contributed by atoms with Gasteiger partial charge in [-0.2, -0.15) is 30.7 Å². The molecule has 0 bridgehead atoms. The number of rotatable bonds is 11. The van der Waals surface area contributed by atoms with Gasteiger partial charge in [-0.1, -0.05) is 44.9 Å². The number of benzene rings is 1. The van der Waals surface area contributed by atoms with Crippen LogP contribution in [0.3, 0.4) is 0 Å². The molecule has 0 radical (unpaired) electrons. The standard InChI is InChI=1S/C18H24F7O2P/c1-3-5-11-28(26,12-6-4-2)27-15-10-8-7-9-14(15)13-16(19,20)17(21,22)18(23,24)25/h7-10H,3-6,11-13H2,1-2H3. The molecule has 0 heterocycles. The van der Waals surface area contributed by atoms with Crippen LogP contribution in [0.4, 0.5) is 30.7 Å². The summed E-state index contributed by atoms with van der Waals surface area (Å²) in [4.78, 5) is 0. The SMILES string of the molecule is CCCCP(=O)(CCCC)Oc1ccccc1CC(F)(F)C(F)(F)C(F)(F)F. The molecule has 28 heavy (non-hydrogen) atoms. The van der Waals surface area contributed by atoms with Gasteiger partial charge in [0.2, 0.25) is 7.37 Å². The Balaban J connectivity index is 3.17. The molecule has 0 spiro atoms. The molecular weight excluding hydrogens is 412 g/mol. The van der Waals surface area contributed by atoms with E-state index in [9.17, 15) is 35.3 Å². The Bertz CT molecular complexity index is 662. The minimum Gasteiger partial charge on any atom is -0.442 e. The van der Waals surface area contributed by atoms with Crippen LogP contribution in [0, 0.1) is 0 Å². The monoisotopic (exact) mass is 436 g/mol. The highest BCUT2D eigenvalue weighted by atomic mass is 31.2. The van der Waals surface area contributed by atoms with Crippen LogP contribution in [0.15, 0.2) is 24.3 Å². The molecule has 0 atom stereocenters. The quantitative estimate of drug-likeness (QED) is 0.268. The highest BCUT2D eigenvalue weighted by Gasteiger charge is 2.72. The molecule has 1 aromatic rings. The predicted octanol–water partition coefficient (Wildman–Crippen LogP) is 7.32. The van der Waals surface area contributed by atoms with Crippen LogP contribution >= 0.6 is 7.37 Å². The number of hydrogen-bond donors (Lipinski definition) is 0. The number of alkyl halides is 7. The van der Waals surface area contributed by atoms with Crippen molar-refractivity contribution in [1.82, 2.24) is 0 Å². The van der Waals surface area contributed by atoms with E-state index in [1.807, 2.05) is 13.8 Å². The van der Waals surface area contributed by atoms with E-state index in [0.29, 0.717) is 25.7 Å². The van der Waals surface area contributed by atoms with Gasteiger partial charge >= 0.3 is 18.0 Å². The van der Waals surface area contributed by atoms with Crippen molar-refractivity contribution in [2.24, 2.45) is 0 Å². The van der Waals surface area contributed by atoms with E-state index >= 15 is 0 Å². The molecule has 10 heteroatoms. The van der Waals surface area contributed by atoms with Crippen LogP contribution in [0.1, 0.15) is 45.1 Å². The van der Waals surface area contributed by atoms with Crippen molar-refractivity contribution in [3.05, 3.63) is 29.8 Å². The van der Waals surface area contributed by atoms with Gasteiger partial charge in [0.25, 0.3) is 0 Å². The van der Waals surface area contributed by atoms with Gasteiger partial charge in [-0.3, -0.25) is 4.57 Å². The first-order valence-electron chi connectivity index (χ1n) is 8.97.